The van der Waals surface area contributed by atoms with E-state index in [4.69, 9.17) is 4.74 Å². The number of ether oxygens (including phenoxy) is 1. The van der Waals surface area contributed by atoms with Crippen LogP contribution in [0.1, 0.15) is 5.56 Å². The minimum Gasteiger partial charge on any atom is -0.455 e. The van der Waals surface area contributed by atoms with Gasteiger partial charge in [-0.15, -0.1) is 0 Å². The van der Waals surface area contributed by atoms with Crippen LogP contribution in [0.4, 0.5) is 5.69 Å². The zero-order valence-corrected chi connectivity index (χ0v) is 12.7. The number of hydrogen-bond donors (Lipinski definition) is 1. The van der Waals surface area contributed by atoms with Gasteiger partial charge in [0.2, 0.25) is 5.91 Å². The lowest BCUT2D eigenvalue weighted by molar-refractivity contribution is -0.115. The Hall–Kier alpha value is -2.59. The van der Waals surface area contributed by atoms with Crippen molar-refractivity contribution in [1.29, 1.82) is 0 Å². The number of para-hydroxylation sites is 3. The molecule has 1 amide bonds. The van der Waals surface area contributed by atoms with Gasteiger partial charge in [-0.1, -0.05) is 30.3 Å². The largest absolute Gasteiger partial charge is 0.455 e. The highest BCUT2D eigenvalue weighted by molar-refractivity contribution is 7.08. The first kappa shape index (κ1) is 14.4. The normalized spacial score (nSPS) is 10.2. The van der Waals surface area contributed by atoms with Crippen molar-refractivity contribution >= 4 is 22.9 Å². The number of anilines is 1. The van der Waals surface area contributed by atoms with E-state index >= 15 is 0 Å². The number of amides is 1. The van der Waals surface area contributed by atoms with Crippen molar-refractivity contribution in [2.45, 2.75) is 6.42 Å². The lowest BCUT2D eigenvalue weighted by Gasteiger charge is -2.12. The molecular weight excluding hydrogens is 294 g/mol. The third-order valence-corrected chi connectivity index (χ3v) is 3.81. The molecule has 1 heterocycles. The Kier molecular flexibility index (Phi) is 4.51. The van der Waals surface area contributed by atoms with Crippen molar-refractivity contribution in [3.8, 4) is 11.5 Å². The number of rotatable bonds is 5. The van der Waals surface area contributed by atoms with Crippen molar-refractivity contribution in [2.75, 3.05) is 5.32 Å². The third-order valence-electron chi connectivity index (χ3n) is 3.08. The number of benzene rings is 2. The highest BCUT2D eigenvalue weighted by Gasteiger charge is 2.09. The lowest BCUT2D eigenvalue weighted by Crippen LogP contribution is -2.14. The molecule has 0 spiro atoms. The maximum Gasteiger partial charge on any atom is 0.228 e. The van der Waals surface area contributed by atoms with Crippen LogP contribution in [-0.2, 0) is 11.2 Å². The maximum absolute atomic E-state index is 12.1. The first-order valence-electron chi connectivity index (χ1n) is 6.94. The summed E-state index contributed by atoms with van der Waals surface area (Å²) in [7, 11) is 0. The molecular formula is C18H15NO2S. The molecule has 0 aliphatic rings. The molecule has 3 rings (SSSR count). The summed E-state index contributed by atoms with van der Waals surface area (Å²) >= 11 is 1.59. The summed E-state index contributed by atoms with van der Waals surface area (Å²) in [5, 5.41) is 6.86. The van der Waals surface area contributed by atoms with Crippen LogP contribution in [0.3, 0.4) is 0 Å². The molecule has 3 nitrogen and oxygen atoms in total. The average Bonchev–Trinajstić information content (AvgIpc) is 3.03. The van der Waals surface area contributed by atoms with Crippen LogP contribution < -0.4 is 10.1 Å². The zero-order chi connectivity index (χ0) is 15.2. The Morgan fingerprint density at radius 3 is 2.55 bits per heavy atom. The highest BCUT2D eigenvalue weighted by atomic mass is 32.1. The summed E-state index contributed by atoms with van der Waals surface area (Å²) in [6.45, 7) is 0. The van der Waals surface area contributed by atoms with Crippen LogP contribution in [0.5, 0.6) is 11.5 Å². The van der Waals surface area contributed by atoms with Crippen molar-refractivity contribution in [3.63, 3.8) is 0 Å². The predicted molar refractivity (Wildman–Crippen MR) is 89.6 cm³/mol. The van der Waals surface area contributed by atoms with E-state index in [9.17, 15) is 4.79 Å². The minimum atomic E-state index is -0.0532. The fraction of sp³-hybridized carbons (Fsp3) is 0.0556. The summed E-state index contributed by atoms with van der Waals surface area (Å²) in [4.78, 5) is 12.1. The molecule has 1 aromatic heterocycles. The summed E-state index contributed by atoms with van der Waals surface area (Å²) in [5.41, 5.74) is 1.69. The number of nitrogens with one attached hydrogen (secondary N) is 1. The second kappa shape index (κ2) is 6.91. The third kappa shape index (κ3) is 3.74. The number of carbonyl (C=O) groups is 1. The molecule has 0 aliphatic carbocycles. The minimum absolute atomic E-state index is 0.0532. The van der Waals surface area contributed by atoms with Gasteiger partial charge in [0.1, 0.15) is 5.75 Å². The van der Waals surface area contributed by atoms with E-state index in [1.54, 1.807) is 11.3 Å². The van der Waals surface area contributed by atoms with Crippen LogP contribution in [-0.4, -0.2) is 5.91 Å². The summed E-state index contributed by atoms with van der Waals surface area (Å²) < 4.78 is 5.83. The van der Waals surface area contributed by atoms with Crippen LogP contribution >= 0.6 is 11.3 Å². The quantitative estimate of drug-likeness (QED) is 0.740. The number of thiophene rings is 1. The Labute approximate surface area is 133 Å². The van der Waals surface area contributed by atoms with Crippen LogP contribution in [0.25, 0.3) is 0 Å². The van der Waals surface area contributed by atoms with Gasteiger partial charge in [0.25, 0.3) is 0 Å². The summed E-state index contributed by atoms with van der Waals surface area (Å²) in [6.07, 6.45) is 0.364. The average molecular weight is 309 g/mol. The fourth-order valence-corrected chi connectivity index (χ4v) is 2.72. The van der Waals surface area contributed by atoms with Gasteiger partial charge in [-0.3, -0.25) is 4.79 Å². The van der Waals surface area contributed by atoms with Crippen LogP contribution in [0, 0.1) is 0 Å². The van der Waals surface area contributed by atoms with E-state index < -0.39 is 0 Å². The molecule has 0 fully saturated rings. The molecule has 1 N–H and O–H groups in total. The molecule has 0 saturated heterocycles. The molecule has 0 radical (unpaired) electrons. The summed E-state index contributed by atoms with van der Waals surface area (Å²) in [6, 6.07) is 18.9. The van der Waals surface area contributed by atoms with E-state index in [2.05, 4.69) is 5.32 Å². The molecule has 0 bridgehead atoms. The van der Waals surface area contributed by atoms with Gasteiger partial charge in [-0.2, -0.15) is 11.3 Å². The molecule has 4 heteroatoms. The first-order valence-corrected chi connectivity index (χ1v) is 7.88. The van der Waals surface area contributed by atoms with E-state index in [1.807, 2.05) is 71.4 Å². The van der Waals surface area contributed by atoms with E-state index in [1.165, 1.54) is 0 Å². The molecule has 0 saturated carbocycles. The Morgan fingerprint density at radius 1 is 1.00 bits per heavy atom. The lowest BCUT2D eigenvalue weighted by atomic mass is 10.2. The van der Waals surface area contributed by atoms with E-state index in [0.717, 1.165) is 11.3 Å². The molecule has 3 aromatic rings. The van der Waals surface area contributed by atoms with Crippen molar-refractivity contribution < 1.29 is 9.53 Å². The molecule has 0 aliphatic heterocycles. The maximum atomic E-state index is 12.1. The van der Waals surface area contributed by atoms with Gasteiger partial charge in [-0.25, -0.2) is 0 Å². The highest BCUT2D eigenvalue weighted by Crippen LogP contribution is 2.29. The smallest absolute Gasteiger partial charge is 0.228 e. The van der Waals surface area contributed by atoms with Crippen molar-refractivity contribution in [2.24, 2.45) is 0 Å². The van der Waals surface area contributed by atoms with Gasteiger partial charge >= 0.3 is 0 Å². The molecule has 2 aromatic carbocycles. The summed E-state index contributed by atoms with van der Waals surface area (Å²) in [5.74, 6) is 1.32. The predicted octanol–water partition coefficient (Wildman–Crippen LogP) is 4.72. The zero-order valence-electron chi connectivity index (χ0n) is 11.9. The van der Waals surface area contributed by atoms with Crippen LogP contribution in [0.2, 0.25) is 0 Å². The molecule has 110 valence electrons. The van der Waals surface area contributed by atoms with E-state index in [0.29, 0.717) is 17.9 Å². The Balaban J connectivity index is 1.72. The standard InChI is InChI=1S/C18H15NO2S/c20-18(12-14-10-11-22-13-14)19-16-8-4-5-9-17(16)21-15-6-2-1-3-7-15/h1-11,13H,12H2,(H,19,20). The first-order chi connectivity index (χ1) is 10.8. The van der Waals surface area contributed by atoms with E-state index in [-0.39, 0.29) is 5.91 Å². The van der Waals surface area contributed by atoms with Gasteiger partial charge < -0.3 is 10.1 Å². The van der Waals surface area contributed by atoms with Gasteiger partial charge in [0.15, 0.2) is 5.75 Å². The molecule has 22 heavy (non-hydrogen) atoms. The second-order valence-electron chi connectivity index (χ2n) is 4.77. The van der Waals surface area contributed by atoms with Gasteiger partial charge in [0, 0.05) is 0 Å². The Morgan fingerprint density at radius 2 is 1.77 bits per heavy atom. The monoisotopic (exact) mass is 309 g/mol. The molecule has 0 atom stereocenters. The van der Waals surface area contributed by atoms with Crippen molar-refractivity contribution in [3.05, 3.63) is 77.0 Å². The molecule has 0 unspecified atom stereocenters. The SMILES string of the molecule is O=C(Cc1ccsc1)Nc1ccccc1Oc1ccccc1. The van der Waals surface area contributed by atoms with Crippen molar-refractivity contribution in [1.82, 2.24) is 0 Å². The Bertz CT molecular complexity index is 739. The number of hydrogen-bond acceptors (Lipinski definition) is 3. The number of carbonyl (C=O) groups excluding carboxylic acids is 1. The van der Waals surface area contributed by atoms with Gasteiger partial charge in [0.05, 0.1) is 12.1 Å². The van der Waals surface area contributed by atoms with Crippen LogP contribution in [0.15, 0.2) is 71.4 Å². The second-order valence-corrected chi connectivity index (χ2v) is 5.55. The van der Waals surface area contributed by atoms with Gasteiger partial charge in [-0.05, 0) is 46.7 Å². The topological polar surface area (TPSA) is 38.3 Å². The fourth-order valence-electron chi connectivity index (χ4n) is 2.05.